The number of halogens is 1. The van der Waals surface area contributed by atoms with Crippen molar-refractivity contribution in [3.8, 4) is 11.3 Å². The van der Waals surface area contributed by atoms with Gasteiger partial charge in [-0.15, -0.1) is 0 Å². The molecule has 6 nitrogen and oxygen atoms in total. The lowest BCUT2D eigenvalue weighted by Crippen LogP contribution is -2.41. The van der Waals surface area contributed by atoms with Crippen LogP contribution in [0.1, 0.15) is 54.0 Å². The first-order valence-electron chi connectivity index (χ1n) is 11.9. The SMILES string of the molecule is CCc1c(N2C(=O)c3ccccc3C2=O)nn(CCO[Si](C)(C)C(C)(C)C)c1-c1ccc(F)cc1. The second-order valence-electron chi connectivity index (χ2n) is 10.3. The summed E-state index contributed by atoms with van der Waals surface area (Å²) in [7, 11) is -1.98. The van der Waals surface area contributed by atoms with Crippen LogP contribution in [-0.2, 0) is 17.4 Å². The number of carbonyl (C=O) groups is 2. The van der Waals surface area contributed by atoms with Gasteiger partial charge < -0.3 is 4.43 Å². The summed E-state index contributed by atoms with van der Waals surface area (Å²) in [6.45, 7) is 13.8. The highest BCUT2D eigenvalue weighted by molar-refractivity contribution is 6.74. The molecule has 0 aliphatic carbocycles. The van der Waals surface area contributed by atoms with E-state index in [4.69, 9.17) is 9.52 Å². The van der Waals surface area contributed by atoms with Gasteiger partial charge in [0.25, 0.3) is 11.8 Å². The maximum atomic E-state index is 13.7. The molecule has 0 unspecified atom stereocenters. The molecule has 4 rings (SSSR count). The molecule has 8 heteroatoms. The molecule has 0 fully saturated rings. The highest BCUT2D eigenvalue weighted by atomic mass is 28.4. The van der Waals surface area contributed by atoms with Gasteiger partial charge in [0.05, 0.1) is 30.0 Å². The van der Waals surface area contributed by atoms with Crippen molar-refractivity contribution < 1.29 is 18.4 Å². The van der Waals surface area contributed by atoms with Crippen molar-refractivity contribution in [2.45, 2.75) is 58.8 Å². The molecule has 0 saturated heterocycles. The van der Waals surface area contributed by atoms with Gasteiger partial charge in [-0.25, -0.2) is 9.29 Å². The van der Waals surface area contributed by atoms with Crippen LogP contribution >= 0.6 is 0 Å². The number of rotatable bonds is 7. The molecule has 0 N–H and O–H groups in total. The Balaban J connectivity index is 1.77. The van der Waals surface area contributed by atoms with E-state index < -0.39 is 8.32 Å². The maximum absolute atomic E-state index is 13.7. The van der Waals surface area contributed by atoms with Crippen LogP contribution in [0.2, 0.25) is 18.1 Å². The zero-order valence-corrected chi connectivity index (χ0v) is 22.2. The largest absolute Gasteiger partial charge is 0.415 e. The molecule has 2 amide bonds. The lowest BCUT2D eigenvalue weighted by Gasteiger charge is -2.36. The van der Waals surface area contributed by atoms with E-state index in [0.29, 0.717) is 36.5 Å². The van der Waals surface area contributed by atoms with E-state index in [1.54, 1.807) is 41.1 Å². The summed E-state index contributed by atoms with van der Waals surface area (Å²) >= 11 is 0. The minimum Gasteiger partial charge on any atom is -0.415 e. The van der Waals surface area contributed by atoms with Crippen LogP contribution in [0.4, 0.5) is 10.2 Å². The number of anilines is 1. The first-order chi connectivity index (χ1) is 16.5. The fourth-order valence-electron chi connectivity index (χ4n) is 4.07. The molecule has 0 radical (unpaired) electrons. The molecule has 35 heavy (non-hydrogen) atoms. The van der Waals surface area contributed by atoms with Crippen LogP contribution in [0.15, 0.2) is 48.5 Å². The monoisotopic (exact) mass is 493 g/mol. The topological polar surface area (TPSA) is 64.4 Å². The summed E-state index contributed by atoms with van der Waals surface area (Å²) in [5.41, 5.74) is 3.04. The van der Waals surface area contributed by atoms with Crippen molar-refractivity contribution in [1.82, 2.24) is 9.78 Å². The van der Waals surface area contributed by atoms with Crippen LogP contribution < -0.4 is 4.90 Å². The van der Waals surface area contributed by atoms with Crippen molar-refractivity contribution in [2.75, 3.05) is 11.5 Å². The Morgan fingerprint density at radius 3 is 2.06 bits per heavy atom. The second-order valence-corrected chi connectivity index (χ2v) is 15.1. The van der Waals surface area contributed by atoms with Gasteiger partial charge in [-0.05, 0) is 61.0 Å². The summed E-state index contributed by atoms with van der Waals surface area (Å²) in [5.74, 6) is -0.772. The lowest BCUT2D eigenvalue weighted by atomic mass is 10.0. The number of benzene rings is 2. The molecular weight excluding hydrogens is 461 g/mol. The molecular formula is C27H32FN3O3Si. The van der Waals surface area contributed by atoms with Gasteiger partial charge in [-0.3, -0.25) is 14.3 Å². The van der Waals surface area contributed by atoms with E-state index in [2.05, 4.69) is 33.9 Å². The Bertz CT molecular complexity index is 1240. The van der Waals surface area contributed by atoms with Gasteiger partial charge in [0, 0.05) is 11.1 Å². The third-order valence-electron chi connectivity index (χ3n) is 7.08. The van der Waals surface area contributed by atoms with Crippen LogP contribution in [0, 0.1) is 5.82 Å². The van der Waals surface area contributed by atoms with Crippen LogP contribution in [0.5, 0.6) is 0 Å². The molecule has 0 bridgehead atoms. The normalized spacial score (nSPS) is 14.1. The predicted octanol–water partition coefficient (Wildman–Crippen LogP) is 6.07. The van der Waals surface area contributed by atoms with E-state index in [-0.39, 0.29) is 22.7 Å². The Labute approximate surface area is 206 Å². The van der Waals surface area contributed by atoms with Gasteiger partial charge in [0.2, 0.25) is 0 Å². The lowest BCUT2D eigenvalue weighted by molar-refractivity contribution is 0.0924. The Morgan fingerprint density at radius 2 is 1.54 bits per heavy atom. The van der Waals surface area contributed by atoms with E-state index in [1.807, 2.05) is 6.92 Å². The van der Waals surface area contributed by atoms with E-state index in [9.17, 15) is 14.0 Å². The van der Waals surface area contributed by atoms with Gasteiger partial charge in [-0.2, -0.15) is 5.10 Å². The molecule has 3 aromatic rings. The Kier molecular flexibility index (Phi) is 6.55. The van der Waals surface area contributed by atoms with Crippen LogP contribution in [0.25, 0.3) is 11.3 Å². The van der Waals surface area contributed by atoms with Crippen molar-refractivity contribution in [3.05, 3.63) is 71.0 Å². The Morgan fingerprint density at radius 1 is 0.971 bits per heavy atom. The maximum Gasteiger partial charge on any atom is 0.267 e. The summed E-state index contributed by atoms with van der Waals surface area (Å²) < 4.78 is 21.9. The minimum atomic E-state index is -1.98. The molecule has 0 saturated carbocycles. The number of fused-ring (bicyclic) bond motifs is 1. The second kappa shape index (κ2) is 9.16. The summed E-state index contributed by atoms with van der Waals surface area (Å²) in [5, 5.41) is 4.84. The average molecular weight is 494 g/mol. The highest BCUT2D eigenvalue weighted by Crippen LogP contribution is 2.38. The number of amides is 2. The zero-order valence-electron chi connectivity index (χ0n) is 21.2. The number of hydrogen-bond acceptors (Lipinski definition) is 4. The number of aromatic nitrogens is 2. The average Bonchev–Trinajstić information content (AvgIpc) is 3.28. The minimum absolute atomic E-state index is 0.0663. The molecule has 0 spiro atoms. The number of nitrogens with zero attached hydrogens (tertiary/aromatic N) is 3. The van der Waals surface area contributed by atoms with Crippen molar-refractivity contribution in [1.29, 1.82) is 0 Å². The third kappa shape index (κ3) is 4.48. The van der Waals surface area contributed by atoms with Crippen LogP contribution in [0.3, 0.4) is 0 Å². The molecule has 2 aromatic carbocycles. The van der Waals surface area contributed by atoms with Crippen LogP contribution in [-0.4, -0.2) is 36.5 Å². The quantitative estimate of drug-likeness (QED) is 0.296. The smallest absolute Gasteiger partial charge is 0.267 e. The first-order valence-corrected chi connectivity index (χ1v) is 14.8. The van der Waals surface area contributed by atoms with Gasteiger partial charge >= 0.3 is 0 Å². The fraction of sp³-hybridized carbons (Fsp3) is 0.370. The molecule has 1 aliphatic heterocycles. The van der Waals surface area contributed by atoms with Gasteiger partial charge in [-0.1, -0.05) is 39.8 Å². The molecule has 184 valence electrons. The predicted molar refractivity (Wildman–Crippen MR) is 138 cm³/mol. The first kappa shape index (κ1) is 25.0. The van der Waals surface area contributed by atoms with Crippen molar-refractivity contribution in [3.63, 3.8) is 0 Å². The van der Waals surface area contributed by atoms with Gasteiger partial charge in [0.15, 0.2) is 14.1 Å². The number of imide groups is 1. The highest BCUT2D eigenvalue weighted by Gasteiger charge is 2.40. The van der Waals surface area contributed by atoms with E-state index >= 15 is 0 Å². The summed E-state index contributed by atoms with van der Waals surface area (Å²) in [6, 6.07) is 13.0. The van der Waals surface area contributed by atoms with E-state index in [1.165, 1.54) is 17.0 Å². The van der Waals surface area contributed by atoms with Crippen molar-refractivity contribution >= 4 is 25.9 Å². The van der Waals surface area contributed by atoms with E-state index in [0.717, 1.165) is 16.8 Å². The van der Waals surface area contributed by atoms with Crippen molar-refractivity contribution in [2.24, 2.45) is 0 Å². The van der Waals surface area contributed by atoms with Gasteiger partial charge in [0.1, 0.15) is 5.82 Å². The molecule has 1 aromatic heterocycles. The zero-order chi connectivity index (χ0) is 25.5. The summed E-state index contributed by atoms with van der Waals surface area (Å²) in [4.78, 5) is 27.6. The Hall–Kier alpha value is -3.10. The number of hydrogen-bond donors (Lipinski definition) is 0. The molecule has 1 aliphatic rings. The molecule has 0 atom stereocenters. The summed E-state index contributed by atoms with van der Waals surface area (Å²) in [6.07, 6.45) is 0.540. The molecule has 2 heterocycles. The fourth-order valence-corrected chi connectivity index (χ4v) is 5.10. The number of carbonyl (C=O) groups excluding carboxylic acids is 2. The third-order valence-corrected chi connectivity index (χ3v) is 11.6. The standard InChI is InChI=1S/C27H32FN3O3Si/c1-7-20-23(18-12-14-19(28)15-13-18)30(16-17-34-35(5,6)27(2,3)4)29-24(20)31-25(32)21-10-8-9-11-22(21)26(31)33/h8-15H,7,16-17H2,1-6H3.